The number of piperazine rings is 1. The van der Waals surface area contributed by atoms with Gasteiger partial charge in [0.15, 0.2) is 0 Å². The van der Waals surface area contributed by atoms with E-state index in [1.165, 1.54) is 30.0 Å². The predicted octanol–water partition coefficient (Wildman–Crippen LogP) is 2.80. The fraction of sp³-hybridized carbons (Fsp3) is 0.320. The molecule has 2 heterocycles. The molecule has 35 heavy (non-hydrogen) atoms. The molecule has 1 aromatic heterocycles. The van der Waals surface area contributed by atoms with E-state index in [-0.39, 0.29) is 49.3 Å². The first-order chi connectivity index (χ1) is 16.8. The van der Waals surface area contributed by atoms with Crippen molar-refractivity contribution in [3.63, 3.8) is 0 Å². The molecule has 1 saturated heterocycles. The van der Waals surface area contributed by atoms with Crippen LogP contribution in [0.25, 0.3) is 10.9 Å². The number of para-hydroxylation sites is 2. The van der Waals surface area contributed by atoms with Crippen LogP contribution in [-0.2, 0) is 16.0 Å². The molecule has 184 valence electrons. The second-order valence-corrected chi connectivity index (χ2v) is 8.31. The summed E-state index contributed by atoms with van der Waals surface area (Å²) in [6, 6.07) is 12.8. The van der Waals surface area contributed by atoms with Gasteiger partial charge >= 0.3 is 6.61 Å². The van der Waals surface area contributed by atoms with Gasteiger partial charge in [-0.15, -0.1) is 0 Å². The number of fused-ring (bicyclic) bond motifs is 1. The first-order valence-corrected chi connectivity index (χ1v) is 11.3. The number of carbonyl (C=O) groups is 3. The SMILES string of the molecule is CC(=O)NC(Cc1c[nH]c2ccccc12)C(=O)N1CCN(C(=O)c2ccccc2OC(F)F)CC1. The maximum atomic E-state index is 13.3. The lowest BCUT2D eigenvalue weighted by Gasteiger charge is -2.36. The Bertz CT molecular complexity index is 1220. The zero-order chi connectivity index (χ0) is 24.9. The molecule has 0 saturated carbocycles. The number of hydrogen-bond acceptors (Lipinski definition) is 4. The van der Waals surface area contributed by atoms with Gasteiger partial charge in [-0.2, -0.15) is 8.78 Å². The quantitative estimate of drug-likeness (QED) is 0.539. The molecule has 1 unspecified atom stereocenters. The van der Waals surface area contributed by atoms with E-state index < -0.39 is 18.6 Å². The number of H-pyrrole nitrogens is 1. The first-order valence-electron chi connectivity index (χ1n) is 11.3. The standard InChI is InChI=1S/C25H26F2N4O4/c1-16(32)29-21(14-17-15-28-20-8-4-2-6-18(17)20)24(34)31-12-10-30(11-13-31)23(33)19-7-3-5-9-22(19)35-25(26)27/h2-9,15,21,25,28H,10-14H2,1H3,(H,29,32). The van der Waals surface area contributed by atoms with E-state index in [4.69, 9.17) is 0 Å². The number of nitrogens with one attached hydrogen (secondary N) is 2. The van der Waals surface area contributed by atoms with E-state index in [2.05, 4.69) is 15.0 Å². The maximum Gasteiger partial charge on any atom is 0.387 e. The minimum absolute atomic E-state index is 0.0445. The molecule has 3 amide bonds. The second kappa shape index (κ2) is 10.5. The highest BCUT2D eigenvalue weighted by molar-refractivity contribution is 5.97. The Labute approximate surface area is 200 Å². The van der Waals surface area contributed by atoms with Gasteiger partial charge in [0.05, 0.1) is 5.56 Å². The molecular formula is C25H26F2N4O4. The molecule has 1 aliphatic rings. The van der Waals surface area contributed by atoms with E-state index in [9.17, 15) is 23.2 Å². The van der Waals surface area contributed by atoms with Crippen molar-refractivity contribution >= 4 is 28.6 Å². The number of hydrogen-bond donors (Lipinski definition) is 2. The van der Waals surface area contributed by atoms with Crippen molar-refractivity contribution in [1.82, 2.24) is 20.1 Å². The Kier molecular flexibility index (Phi) is 7.28. The minimum atomic E-state index is -3.04. The zero-order valence-corrected chi connectivity index (χ0v) is 19.2. The van der Waals surface area contributed by atoms with Crippen molar-refractivity contribution in [3.05, 3.63) is 65.9 Å². The predicted molar refractivity (Wildman–Crippen MR) is 125 cm³/mol. The molecule has 1 aliphatic heterocycles. The van der Waals surface area contributed by atoms with Crippen molar-refractivity contribution in [2.45, 2.75) is 26.0 Å². The van der Waals surface area contributed by atoms with Gasteiger partial charge in [-0.1, -0.05) is 30.3 Å². The average molecular weight is 485 g/mol. The van der Waals surface area contributed by atoms with Gasteiger partial charge < -0.3 is 24.8 Å². The normalized spacial score (nSPS) is 14.7. The number of nitrogens with zero attached hydrogens (tertiary/aromatic N) is 2. The van der Waals surface area contributed by atoms with Crippen LogP contribution in [0.4, 0.5) is 8.78 Å². The van der Waals surface area contributed by atoms with E-state index >= 15 is 0 Å². The van der Waals surface area contributed by atoms with Crippen molar-refractivity contribution in [3.8, 4) is 5.75 Å². The molecule has 1 fully saturated rings. The van der Waals surface area contributed by atoms with Gasteiger partial charge in [0.2, 0.25) is 11.8 Å². The van der Waals surface area contributed by atoms with Crippen LogP contribution in [0.15, 0.2) is 54.7 Å². The van der Waals surface area contributed by atoms with Gasteiger partial charge in [0.1, 0.15) is 11.8 Å². The number of carbonyl (C=O) groups excluding carboxylic acids is 3. The monoisotopic (exact) mass is 484 g/mol. The van der Waals surface area contributed by atoms with Gasteiger partial charge in [0, 0.05) is 56.6 Å². The third-order valence-corrected chi connectivity index (χ3v) is 5.99. The van der Waals surface area contributed by atoms with Crippen LogP contribution >= 0.6 is 0 Å². The van der Waals surface area contributed by atoms with Crippen LogP contribution in [0.2, 0.25) is 0 Å². The molecule has 10 heteroatoms. The molecule has 2 aromatic carbocycles. The van der Waals surface area contributed by atoms with Crippen LogP contribution in [0, 0.1) is 0 Å². The Morgan fingerprint density at radius 2 is 1.66 bits per heavy atom. The van der Waals surface area contributed by atoms with E-state index in [1.807, 2.05) is 30.5 Å². The summed E-state index contributed by atoms with van der Waals surface area (Å²) in [5, 5.41) is 3.74. The zero-order valence-electron chi connectivity index (χ0n) is 19.2. The molecule has 1 atom stereocenters. The van der Waals surface area contributed by atoms with Crippen LogP contribution in [0.1, 0.15) is 22.8 Å². The topological polar surface area (TPSA) is 94.7 Å². The number of alkyl halides is 2. The molecule has 8 nitrogen and oxygen atoms in total. The maximum absolute atomic E-state index is 13.3. The Morgan fingerprint density at radius 3 is 2.37 bits per heavy atom. The van der Waals surface area contributed by atoms with Crippen molar-refractivity contribution in [2.75, 3.05) is 26.2 Å². The van der Waals surface area contributed by atoms with Gasteiger partial charge in [-0.3, -0.25) is 14.4 Å². The van der Waals surface area contributed by atoms with E-state index in [1.54, 1.807) is 11.0 Å². The number of amides is 3. The number of rotatable bonds is 7. The highest BCUT2D eigenvalue weighted by Gasteiger charge is 2.31. The van der Waals surface area contributed by atoms with Crippen molar-refractivity contribution < 1.29 is 27.9 Å². The summed E-state index contributed by atoms with van der Waals surface area (Å²) in [7, 11) is 0. The lowest BCUT2D eigenvalue weighted by molar-refractivity contribution is -0.137. The molecular weight excluding hydrogens is 458 g/mol. The molecule has 0 spiro atoms. The average Bonchev–Trinajstić information content (AvgIpc) is 3.25. The number of aromatic amines is 1. The van der Waals surface area contributed by atoms with E-state index in [0.717, 1.165) is 16.5 Å². The molecule has 2 N–H and O–H groups in total. The third kappa shape index (κ3) is 5.59. The number of benzene rings is 2. The summed E-state index contributed by atoms with van der Waals surface area (Å²) >= 11 is 0. The number of aromatic nitrogens is 1. The van der Waals surface area contributed by atoms with Crippen molar-refractivity contribution in [1.29, 1.82) is 0 Å². The molecule has 0 aliphatic carbocycles. The minimum Gasteiger partial charge on any atom is -0.434 e. The fourth-order valence-electron chi connectivity index (χ4n) is 4.33. The van der Waals surface area contributed by atoms with Gasteiger partial charge in [-0.05, 0) is 23.8 Å². The second-order valence-electron chi connectivity index (χ2n) is 8.31. The molecule has 4 rings (SSSR count). The summed E-state index contributed by atoms with van der Waals surface area (Å²) in [5.74, 6) is -1.17. The molecule has 3 aromatic rings. The summed E-state index contributed by atoms with van der Waals surface area (Å²) in [4.78, 5) is 44.4. The lowest BCUT2D eigenvalue weighted by atomic mass is 10.0. The molecule has 0 bridgehead atoms. The number of ether oxygens (including phenoxy) is 1. The van der Waals surface area contributed by atoms with Crippen LogP contribution in [0.3, 0.4) is 0 Å². The van der Waals surface area contributed by atoms with Crippen LogP contribution in [-0.4, -0.2) is 71.3 Å². The highest BCUT2D eigenvalue weighted by Crippen LogP contribution is 2.23. The summed E-state index contributed by atoms with van der Waals surface area (Å²) in [6.07, 6.45) is 2.15. The summed E-state index contributed by atoms with van der Waals surface area (Å²) in [6.45, 7) is -0.702. The smallest absolute Gasteiger partial charge is 0.387 e. The molecule has 0 radical (unpaired) electrons. The van der Waals surface area contributed by atoms with Gasteiger partial charge in [-0.25, -0.2) is 0 Å². The Balaban J connectivity index is 1.43. The highest BCUT2D eigenvalue weighted by atomic mass is 19.3. The Morgan fingerprint density at radius 1 is 1.00 bits per heavy atom. The number of halogens is 2. The van der Waals surface area contributed by atoms with Crippen LogP contribution < -0.4 is 10.1 Å². The fourth-order valence-corrected chi connectivity index (χ4v) is 4.33. The first kappa shape index (κ1) is 24.2. The van der Waals surface area contributed by atoms with Gasteiger partial charge in [0.25, 0.3) is 5.91 Å². The lowest BCUT2D eigenvalue weighted by Crippen LogP contribution is -2.56. The van der Waals surface area contributed by atoms with E-state index in [0.29, 0.717) is 6.42 Å². The van der Waals surface area contributed by atoms with Crippen LogP contribution in [0.5, 0.6) is 5.75 Å². The Hall–Kier alpha value is -3.95. The summed E-state index contributed by atoms with van der Waals surface area (Å²) < 4.78 is 29.9. The van der Waals surface area contributed by atoms with Crippen molar-refractivity contribution in [2.24, 2.45) is 0 Å². The summed E-state index contributed by atoms with van der Waals surface area (Å²) in [5.41, 5.74) is 1.90. The largest absolute Gasteiger partial charge is 0.434 e. The third-order valence-electron chi connectivity index (χ3n) is 5.99.